The van der Waals surface area contributed by atoms with Crippen LogP contribution in [0.2, 0.25) is 0 Å². The Hall–Kier alpha value is -1.40. The van der Waals surface area contributed by atoms with Crippen LogP contribution in [0.3, 0.4) is 0 Å². The molecule has 1 aliphatic carbocycles. The second-order valence-electron chi connectivity index (χ2n) is 8.68. The van der Waals surface area contributed by atoms with Gasteiger partial charge in [0.25, 0.3) is 0 Å². The van der Waals surface area contributed by atoms with Crippen LogP contribution >= 0.6 is 11.3 Å². The second kappa shape index (κ2) is 6.09. The number of hydrogen-bond donors (Lipinski definition) is 1. The van der Waals surface area contributed by atoms with E-state index in [1.807, 2.05) is 11.3 Å². The first-order valence-corrected chi connectivity index (χ1v) is 10.2. The highest BCUT2D eigenvalue weighted by atomic mass is 32.1. The number of fused-ring (bicyclic) bond motifs is 3. The van der Waals surface area contributed by atoms with Crippen molar-refractivity contribution >= 4 is 33.3 Å². The van der Waals surface area contributed by atoms with Crippen LogP contribution in [0.15, 0.2) is 0 Å². The molecule has 1 fully saturated rings. The van der Waals surface area contributed by atoms with E-state index in [0.717, 1.165) is 43.9 Å². The van der Waals surface area contributed by atoms with Gasteiger partial charge in [-0.25, -0.2) is 4.98 Å². The number of anilines is 2. The van der Waals surface area contributed by atoms with Gasteiger partial charge >= 0.3 is 0 Å². The van der Waals surface area contributed by atoms with E-state index in [1.54, 1.807) is 0 Å². The van der Waals surface area contributed by atoms with E-state index in [4.69, 9.17) is 5.73 Å². The lowest BCUT2D eigenvalue weighted by Crippen LogP contribution is -2.44. The lowest BCUT2D eigenvalue weighted by Gasteiger charge is -2.34. The lowest BCUT2D eigenvalue weighted by atomic mass is 9.72. The summed E-state index contributed by atoms with van der Waals surface area (Å²) in [6, 6.07) is 0. The van der Waals surface area contributed by atoms with Gasteiger partial charge in [-0.2, -0.15) is 4.98 Å². The molecule has 3 heterocycles. The maximum atomic E-state index is 6.12. The molecule has 0 radical (unpaired) electrons. The molecule has 0 bridgehead atoms. The third-order valence-corrected chi connectivity index (χ3v) is 7.19. The Kier molecular flexibility index (Phi) is 4.15. The number of aromatic nitrogens is 2. The summed E-state index contributed by atoms with van der Waals surface area (Å²) in [6.07, 6.45) is 3.56. The topological polar surface area (TPSA) is 58.3 Å². The van der Waals surface area contributed by atoms with Crippen LogP contribution < -0.4 is 10.6 Å². The summed E-state index contributed by atoms with van der Waals surface area (Å²) in [4.78, 5) is 15.6. The van der Waals surface area contributed by atoms with Crippen molar-refractivity contribution < 1.29 is 0 Å². The Morgan fingerprint density at radius 3 is 2.52 bits per heavy atom. The summed E-state index contributed by atoms with van der Waals surface area (Å²) in [7, 11) is 2.18. The molecule has 2 aliphatic rings. The minimum Gasteiger partial charge on any atom is -0.368 e. The van der Waals surface area contributed by atoms with Crippen molar-refractivity contribution in [2.75, 3.05) is 43.9 Å². The zero-order chi connectivity index (χ0) is 17.8. The molecule has 0 spiro atoms. The summed E-state index contributed by atoms with van der Waals surface area (Å²) < 4.78 is 1.25. The molecule has 2 aromatic rings. The van der Waals surface area contributed by atoms with E-state index >= 15 is 0 Å². The van der Waals surface area contributed by atoms with Crippen LogP contribution in [0.4, 0.5) is 11.8 Å². The van der Waals surface area contributed by atoms with Gasteiger partial charge in [-0.1, -0.05) is 20.8 Å². The molecular formula is C19H29N5S. The predicted molar refractivity (Wildman–Crippen MR) is 107 cm³/mol. The number of rotatable bonds is 1. The normalized spacial score (nSPS) is 22.4. The molecule has 1 unspecified atom stereocenters. The standard InChI is InChI=1S/C19H29N5S/c1-19(2,3)12-5-6-14-13(11-12)15-16(25-14)17(22-18(20)21-15)24-9-7-23(4)8-10-24/h12H,5-11H2,1-4H3,(H2,20,21,22). The molecular weight excluding hydrogens is 330 g/mol. The van der Waals surface area contributed by atoms with Crippen molar-refractivity contribution in [3.05, 3.63) is 10.4 Å². The number of likely N-dealkylation sites (N-methyl/N-ethyl adjacent to an activating group) is 1. The molecule has 0 aromatic carbocycles. The van der Waals surface area contributed by atoms with Gasteiger partial charge in [-0.15, -0.1) is 11.3 Å². The first-order valence-electron chi connectivity index (χ1n) is 9.34. The molecule has 136 valence electrons. The van der Waals surface area contributed by atoms with Crippen molar-refractivity contribution in [3.63, 3.8) is 0 Å². The van der Waals surface area contributed by atoms with Gasteiger partial charge in [0.2, 0.25) is 5.95 Å². The number of nitrogen functional groups attached to an aromatic ring is 1. The predicted octanol–water partition coefficient (Wildman–Crippen LogP) is 3.18. The minimum absolute atomic E-state index is 0.338. The third kappa shape index (κ3) is 3.10. The molecule has 1 aliphatic heterocycles. The average molecular weight is 360 g/mol. The van der Waals surface area contributed by atoms with Gasteiger partial charge in [-0.3, -0.25) is 0 Å². The van der Waals surface area contributed by atoms with Crippen molar-refractivity contribution in [1.29, 1.82) is 0 Å². The molecule has 5 nitrogen and oxygen atoms in total. The Balaban J connectivity index is 1.76. The van der Waals surface area contributed by atoms with E-state index in [2.05, 4.69) is 47.6 Å². The van der Waals surface area contributed by atoms with Crippen LogP contribution in [0, 0.1) is 11.3 Å². The first-order chi connectivity index (χ1) is 11.8. The van der Waals surface area contributed by atoms with Crippen molar-refractivity contribution in [1.82, 2.24) is 14.9 Å². The highest BCUT2D eigenvalue weighted by Crippen LogP contribution is 2.44. The van der Waals surface area contributed by atoms with E-state index in [1.165, 1.54) is 28.0 Å². The maximum Gasteiger partial charge on any atom is 0.222 e. The largest absolute Gasteiger partial charge is 0.368 e. The quantitative estimate of drug-likeness (QED) is 0.847. The van der Waals surface area contributed by atoms with Crippen LogP contribution in [0.1, 0.15) is 37.6 Å². The highest BCUT2D eigenvalue weighted by Gasteiger charge is 2.32. The molecule has 25 heavy (non-hydrogen) atoms. The Morgan fingerprint density at radius 2 is 1.84 bits per heavy atom. The average Bonchev–Trinajstić information content (AvgIpc) is 2.92. The molecule has 1 atom stereocenters. The van der Waals surface area contributed by atoms with Gasteiger partial charge in [0, 0.05) is 31.1 Å². The fourth-order valence-electron chi connectivity index (χ4n) is 4.11. The molecule has 0 amide bonds. The maximum absolute atomic E-state index is 6.12. The molecule has 2 N–H and O–H groups in total. The summed E-state index contributed by atoms with van der Waals surface area (Å²) >= 11 is 1.91. The zero-order valence-corrected chi connectivity index (χ0v) is 16.6. The number of nitrogens with zero attached hydrogens (tertiary/aromatic N) is 4. The Labute approximate surface area is 154 Å². The minimum atomic E-state index is 0.338. The molecule has 0 saturated carbocycles. The van der Waals surface area contributed by atoms with Gasteiger partial charge in [0.1, 0.15) is 0 Å². The zero-order valence-electron chi connectivity index (χ0n) is 15.8. The van der Waals surface area contributed by atoms with Gasteiger partial charge in [0.05, 0.1) is 10.2 Å². The number of thiophene rings is 1. The number of hydrogen-bond acceptors (Lipinski definition) is 6. The van der Waals surface area contributed by atoms with Crippen molar-refractivity contribution in [2.45, 2.75) is 40.0 Å². The molecule has 2 aromatic heterocycles. The number of aryl methyl sites for hydroxylation is 1. The molecule has 4 rings (SSSR count). The number of piperazine rings is 1. The molecule has 6 heteroatoms. The molecule has 1 saturated heterocycles. The fraction of sp³-hybridized carbons (Fsp3) is 0.684. The van der Waals surface area contributed by atoms with E-state index < -0.39 is 0 Å². The Morgan fingerprint density at radius 1 is 1.12 bits per heavy atom. The third-order valence-electron chi connectivity index (χ3n) is 5.91. The Bertz CT molecular complexity index is 783. The highest BCUT2D eigenvalue weighted by molar-refractivity contribution is 7.19. The summed E-state index contributed by atoms with van der Waals surface area (Å²) in [5, 5.41) is 0. The lowest BCUT2D eigenvalue weighted by molar-refractivity contribution is 0.217. The van der Waals surface area contributed by atoms with Gasteiger partial charge in [0.15, 0.2) is 5.82 Å². The monoisotopic (exact) mass is 359 g/mol. The van der Waals surface area contributed by atoms with Crippen LogP contribution in [0.25, 0.3) is 10.2 Å². The smallest absolute Gasteiger partial charge is 0.222 e. The summed E-state index contributed by atoms with van der Waals surface area (Å²) in [6.45, 7) is 11.2. The van der Waals surface area contributed by atoms with Gasteiger partial charge in [-0.05, 0) is 43.2 Å². The van der Waals surface area contributed by atoms with Gasteiger partial charge < -0.3 is 15.5 Å². The van der Waals surface area contributed by atoms with Crippen molar-refractivity contribution in [3.8, 4) is 0 Å². The van der Waals surface area contributed by atoms with Crippen LogP contribution in [-0.2, 0) is 12.8 Å². The van der Waals surface area contributed by atoms with E-state index in [9.17, 15) is 0 Å². The first kappa shape index (κ1) is 17.0. The number of nitrogens with two attached hydrogens (primary N) is 1. The van der Waals surface area contributed by atoms with Crippen LogP contribution in [-0.4, -0.2) is 48.1 Å². The van der Waals surface area contributed by atoms with E-state index in [0.29, 0.717) is 17.3 Å². The van der Waals surface area contributed by atoms with E-state index in [-0.39, 0.29) is 0 Å². The van der Waals surface area contributed by atoms with Crippen molar-refractivity contribution in [2.24, 2.45) is 11.3 Å². The fourth-order valence-corrected chi connectivity index (χ4v) is 5.41. The summed E-state index contributed by atoms with van der Waals surface area (Å²) in [5.74, 6) is 2.18. The second-order valence-corrected chi connectivity index (χ2v) is 9.79. The SMILES string of the molecule is CN1CCN(c2nc(N)nc3c4c(sc23)CCC(C(C)(C)C)C4)CC1. The summed E-state index contributed by atoms with van der Waals surface area (Å²) in [5.41, 5.74) is 9.02. The van der Waals surface area contributed by atoms with Crippen LogP contribution in [0.5, 0.6) is 0 Å².